The molecular formula is C21H8N7S7. The molecule has 0 aromatic carbocycles. The van der Waals surface area contributed by atoms with Crippen molar-refractivity contribution in [1.29, 1.82) is 0 Å². The van der Waals surface area contributed by atoms with E-state index in [1.54, 1.807) is 68.0 Å². The molecule has 0 bridgehead atoms. The van der Waals surface area contributed by atoms with Crippen molar-refractivity contribution in [2.75, 3.05) is 0 Å². The normalized spacial score (nSPS) is 11.4. The maximum atomic E-state index is 4.81. The summed E-state index contributed by atoms with van der Waals surface area (Å²) in [5.74, 6) is 0. The number of hydrogen-bond donors (Lipinski definition) is 0. The zero-order valence-corrected chi connectivity index (χ0v) is 22.8. The zero-order chi connectivity index (χ0) is 23.2. The lowest BCUT2D eigenvalue weighted by Gasteiger charge is -1.90. The van der Waals surface area contributed by atoms with Crippen molar-refractivity contribution < 1.29 is 0 Å². The van der Waals surface area contributed by atoms with Crippen molar-refractivity contribution in [2.24, 2.45) is 0 Å². The minimum Gasteiger partial charge on any atom is -0.242 e. The molecular weight excluding hydrogens is 575 g/mol. The average molecular weight is 583 g/mol. The zero-order valence-electron chi connectivity index (χ0n) is 17.1. The van der Waals surface area contributed by atoms with E-state index in [0.29, 0.717) is 0 Å². The lowest BCUT2D eigenvalue weighted by Crippen LogP contribution is -1.82. The van der Waals surface area contributed by atoms with Crippen molar-refractivity contribution in [3.05, 3.63) is 49.4 Å². The molecule has 0 N–H and O–H groups in total. The van der Waals surface area contributed by atoms with Crippen LogP contribution in [0.1, 0.15) is 0 Å². The first-order valence-electron chi connectivity index (χ1n) is 9.80. The Labute approximate surface area is 226 Å². The quantitative estimate of drug-likeness (QED) is 0.199. The van der Waals surface area contributed by atoms with Gasteiger partial charge >= 0.3 is 0 Å². The van der Waals surface area contributed by atoms with Crippen LogP contribution in [0.2, 0.25) is 0 Å². The van der Waals surface area contributed by atoms with Gasteiger partial charge in [-0.25, -0.2) is 34.9 Å². The van der Waals surface area contributed by atoms with Crippen LogP contribution in [-0.2, 0) is 0 Å². The molecule has 0 amide bonds. The lowest BCUT2D eigenvalue weighted by molar-refractivity contribution is 1.29. The van der Waals surface area contributed by atoms with Gasteiger partial charge in [-0.15, -0.1) is 79.4 Å². The second kappa shape index (κ2) is 9.13. The molecule has 1 radical (unpaired) electrons. The van der Waals surface area contributed by atoms with Gasteiger partial charge < -0.3 is 0 Å². The first-order chi connectivity index (χ1) is 17.3. The molecule has 7 nitrogen and oxygen atoms in total. The summed E-state index contributed by atoms with van der Waals surface area (Å²) < 4.78 is 0. The molecule has 7 rings (SSSR count). The molecule has 0 aliphatic carbocycles. The summed E-state index contributed by atoms with van der Waals surface area (Å²) in [6.45, 7) is 0. The topological polar surface area (TPSA) is 90.2 Å². The molecule has 35 heavy (non-hydrogen) atoms. The molecule has 0 fully saturated rings. The highest BCUT2D eigenvalue weighted by Crippen LogP contribution is 2.37. The fraction of sp³-hybridized carbons (Fsp3) is 0. The standard InChI is InChI=1S/C21H8N7S7/c1-2-30-16(22-1)11-4-32-18(24-11)13-6-34-20(26-13)15-8-35-21(28-15)14-7-33-19(27-14)12-5-31-17(25-12)10-3-29-9-23-10/h2-9H. The Hall–Kier alpha value is -2.59. The molecule has 0 atom stereocenters. The summed E-state index contributed by atoms with van der Waals surface area (Å²) in [7, 11) is 0. The van der Waals surface area contributed by atoms with Gasteiger partial charge in [0.2, 0.25) is 0 Å². The minimum absolute atomic E-state index is 0.849. The molecule has 0 unspecified atom stereocenters. The second-order valence-electron chi connectivity index (χ2n) is 6.84. The van der Waals surface area contributed by atoms with Crippen LogP contribution >= 0.6 is 79.4 Å². The minimum atomic E-state index is 0.849. The van der Waals surface area contributed by atoms with Crippen molar-refractivity contribution >= 4 is 79.4 Å². The third-order valence-corrected chi connectivity index (χ3v) is 10.3. The molecule has 7 aromatic rings. The van der Waals surface area contributed by atoms with Gasteiger partial charge in [-0.2, -0.15) is 0 Å². The number of thiazole rings is 7. The largest absolute Gasteiger partial charge is 0.242 e. The van der Waals surface area contributed by atoms with Gasteiger partial charge in [-0.3, -0.25) is 0 Å². The van der Waals surface area contributed by atoms with Crippen LogP contribution in [0.3, 0.4) is 0 Å². The summed E-state index contributed by atoms with van der Waals surface area (Å²) in [6, 6.07) is 0. The van der Waals surface area contributed by atoms with Gasteiger partial charge in [-0.1, -0.05) is 0 Å². The van der Waals surface area contributed by atoms with Crippen molar-refractivity contribution in [3.8, 4) is 64.2 Å². The van der Waals surface area contributed by atoms with E-state index in [2.05, 4.69) is 21.1 Å². The summed E-state index contributed by atoms with van der Waals surface area (Å²) in [4.78, 5) is 32.3. The molecule has 0 aliphatic rings. The molecule has 7 heterocycles. The third kappa shape index (κ3) is 4.20. The van der Waals surface area contributed by atoms with Gasteiger partial charge in [0.25, 0.3) is 0 Å². The predicted octanol–water partition coefficient (Wildman–Crippen LogP) is 7.68. The van der Waals surface area contributed by atoms with E-state index in [4.69, 9.17) is 19.9 Å². The molecule has 14 heteroatoms. The van der Waals surface area contributed by atoms with Crippen LogP contribution in [-0.4, -0.2) is 34.9 Å². The number of rotatable bonds is 6. The Morgan fingerprint density at radius 3 is 1.26 bits per heavy atom. The highest BCUT2D eigenvalue weighted by Gasteiger charge is 2.17. The van der Waals surface area contributed by atoms with Gasteiger partial charge in [0.05, 0.1) is 5.51 Å². The lowest BCUT2D eigenvalue weighted by atomic mass is 10.4. The highest BCUT2D eigenvalue weighted by molar-refractivity contribution is 7.18. The highest BCUT2D eigenvalue weighted by atomic mass is 32.1. The summed E-state index contributed by atoms with van der Waals surface area (Å²) in [5, 5.41) is 19.2. The average Bonchev–Trinajstić information content (AvgIpc) is 3.71. The van der Waals surface area contributed by atoms with E-state index in [1.165, 1.54) is 11.3 Å². The first-order valence-corrected chi connectivity index (χ1v) is 16.0. The van der Waals surface area contributed by atoms with E-state index in [0.717, 1.165) is 64.2 Å². The predicted molar refractivity (Wildman–Crippen MR) is 148 cm³/mol. The number of nitrogens with zero attached hydrogens (tertiary/aromatic N) is 7. The van der Waals surface area contributed by atoms with E-state index in [-0.39, 0.29) is 0 Å². The Morgan fingerprint density at radius 1 is 0.457 bits per heavy atom. The second-order valence-corrected chi connectivity index (χ2v) is 12.7. The van der Waals surface area contributed by atoms with Crippen molar-refractivity contribution in [1.82, 2.24) is 34.9 Å². The third-order valence-electron chi connectivity index (χ3n) is 4.66. The smallest absolute Gasteiger partial charge is 0.143 e. The SMILES string of the molecule is [c]1csc(-c2csc(-c3csc(-c4csc(-c5csc(-c6csc(-c7cscn7)n6)n5)n4)n3)n2)n1. The summed E-state index contributed by atoms with van der Waals surface area (Å²) in [5.41, 5.74) is 7.01. The Balaban J connectivity index is 1.11. The maximum absolute atomic E-state index is 4.81. The van der Waals surface area contributed by atoms with Gasteiger partial charge in [0, 0.05) is 37.7 Å². The molecule has 0 aliphatic heterocycles. The van der Waals surface area contributed by atoms with Crippen molar-refractivity contribution in [2.45, 2.75) is 0 Å². The Kier molecular flexibility index (Phi) is 5.65. The Bertz CT molecular complexity index is 1590. The monoisotopic (exact) mass is 582 g/mol. The van der Waals surface area contributed by atoms with Gasteiger partial charge in [0.1, 0.15) is 70.4 Å². The van der Waals surface area contributed by atoms with Crippen LogP contribution < -0.4 is 0 Å². The first kappa shape index (κ1) is 21.7. The van der Waals surface area contributed by atoms with E-state index in [9.17, 15) is 0 Å². The molecule has 0 saturated heterocycles. The number of hydrogen-bond acceptors (Lipinski definition) is 14. The molecule has 0 spiro atoms. The molecule has 0 saturated carbocycles. The summed E-state index contributed by atoms with van der Waals surface area (Å²) >= 11 is 10.9. The van der Waals surface area contributed by atoms with Crippen LogP contribution in [0, 0.1) is 6.20 Å². The Morgan fingerprint density at radius 2 is 0.886 bits per heavy atom. The fourth-order valence-corrected chi connectivity index (χ4v) is 8.44. The number of aromatic nitrogens is 7. The maximum Gasteiger partial charge on any atom is 0.143 e. The van der Waals surface area contributed by atoms with Gasteiger partial charge in [-0.05, 0) is 0 Å². The van der Waals surface area contributed by atoms with Crippen LogP contribution in [0.25, 0.3) is 64.2 Å². The van der Waals surface area contributed by atoms with Crippen LogP contribution in [0.15, 0.2) is 43.2 Å². The van der Waals surface area contributed by atoms with Crippen molar-refractivity contribution in [3.63, 3.8) is 0 Å². The van der Waals surface area contributed by atoms with Gasteiger partial charge in [0.15, 0.2) is 0 Å². The van der Waals surface area contributed by atoms with Crippen LogP contribution in [0.4, 0.5) is 0 Å². The van der Waals surface area contributed by atoms with E-state index >= 15 is 0 Å². The van der Waals surface area contributed by atoms with E-state index < -0.39 is 0 Å². The van der Waals surface area contributed by atoms with Crippen LogP contribution in [0.5, 0.6) is 0 Å². The fourth-order valence-electron chi connectivity index (χ4n) is 3.08. The summed E-state index contributed by atoms with van der Waals surface area (Å²) in [6.07, 6.45) is 2.84. The molecule has 169 valence electrons. The molecule has 7 aromatic heterocycles. The van der Waals surface area contributed by atoms with E-state index in [1.807, 2.05) is 43.2 Å².